The van der Waals surface area contributed by atoms with Crippen molar-refractivity contribution in [2.24, 2.45) is 0 Å². The summed E-state index contributed by atoms with van der Waals surface area (Å²) in [7, 11) is 1.60. The first-order valence-corrected chi connectivity index (χ1v) is 8.68. The number of methoxy groups -OCH3 is 1. The molecule has 0 spiro atoms. The zero-order chi connectivity index (χ0) is 18.5. The molecule has 0 aromatic heterocycles. The van der Waals surface area contributed by atoms with Crippen molar-refractivity contribution >= 4 is 17.7 Å². The molecule has 26 heavy (non-hydrogen) atoms. The fraction of sp³-hybridized carbons (Fsp3) is 0.286. The lowest BCUT2D eigenvalue weighted by molar-refractivity contribution is -0.111. The van der Waals surface area contributed by atoms with E-state index in [0.717, 1.165) is 34.8 Å². The smallest absolute Gasteiger partial charge is 0.248 e. The zero-order valence-corrected chi connectivity index (χ0v) is 15.2. The lowest BCUT2D eigenvalue weighted by Gasteiger charge is -2.10. The predicted octanol–water partition coefficient (Wildman–Crippen LogP) is 4.07. The summed E-state index contributed by atoms with van der Waals surface area (Å²) in [5, 5.41) is 2.82. The van der Waals surface area contributed by atoms with Crippen molar-refractivity contribution in [3.8, 4) is 17.2 Å². The van der Waals surface area contributed by atoms with Gasteiger partial charge in [0.1, 0.15) is 23.4 Å². The van der Waals surface area contributed by atoms with Crippen LogP contribution in [-0.2, 0) is 11.2 Å². The van der Waals surface area contributed by atoms with E-state index in [1.165, 1.54) is 6.08 Å². The molecule has 136 valence electrons. The number of ether oxygens (including phenoxy) is 3. The predicted molar refractivity (Wildman–Crippen MR) is 102 cm³/mol. The summed E-state index contributed by atoms with van der Waals surface area (Å²) in [5.74, 6) is 2.15. The molecule has 0 radical (unpaired) electrons. The van der Waals surface area contributed by atoms with Gasteiger partial charge in [-0.25, -0.2) is 0 Å². The first-order valence-electron chi connectivity index (χ1n) is 8.68. The van der Waals surface area contributed by atoms with Crippen molar-refractivity contribution in [2.75, 3.05) is 19.0 Å². The third kappa shape index (κ3) is 4.17. The van der Waals surface area contributed by atoms with Crippen LogP contribution in [-0.4, -0.2) is 25.7 Å². The minimum atomic E-state index is -0.215. The second-order valence-electron chi connectivity index (χ2n) is 6.11. The molecule has 0 aliphatic carbocycles. The maximum atomic E-state index is 12.2. The van der Waals surface area contributed by atoms with E-state index >= 15 is 0 Å². The van der Waals surface area contributed by atoms with Crippen LogP contribution in [0.25, 0.3) is 6.08 Å². The molecule has 2 aromatic rings. The Kier molecular flexibility index (Phi) is 5.46. The number of carbonyl (C=O) groups excluding carboxylic acids is 1. The van der Waals surface area contributed by atoms with E-state index in [1.54, 1.807) is 37.5 Å². The highest BCUT2D eigenvalue weighted by Gasteiger charge is 2.21. The largest absolute Gasteiger partial charge is 0.497 e. The Morgan fingerprint density at radius 1 is 1.31 bits per heavy atom. The quantitative estimate of drug-likeness (QED) is 0.796. The molecule has 5 nitrogen and oxygen atoms in total. The third-order valence-electron chi connectivity index (χ3n) is 4.10. The number of nitrogens with one attached hydrogen (secondary N) is 1. The Balaban J connectivity index is 1.74. The first kappa shape index (κ1) is 17.9. The molecule has 1 unspecified atom stereocenters. The van der Waals surface area contributed by atoms with Gasteiger partial charge in [-0.3, -0.25) is 4.79 Å². The van der Waals surface area contributed by atoms with Crippen LogP contribution in [0.15, 0.2) is 42.5 Å². The number of carbonyl (C=O) groups is 1. The lowest BCUT2D eigenvalue weighted by atomic mass is 10.1. The average Bonchev–Trinajstić information content (AvgIpc) is 2.99. The van der Waals surface area contributed by atoms with Gasteiger partial charge < -0.3 is 19.5 Å². The topological polar surface area (TPSA) is 56.8 Å². The molecular weight excluding hydrogens is 330 g/mol. The number of amides is 1. The van der Waals surface area contributed by atoms with Crippen molar-refractivity contribution in [3.63, 3.8) is 0 Å². The van der Waals surface area contributed by atoms with Crippen LogP contribution in [0.3, 0.4) is 0 Å². The van der Waals surface area contributed by atoms with Gasteiger partial charge in [-0.05, 0) is 56.3 Å². The lowest BCUT2D eigenvalue weighted by Crippen LogP contribution is -2.07. The number of rotatable bonds is 6. The fourth-order valence-corrected chi connectivity index (χ4v) is 2.89. The summed E-state index contributed by atoms with van der Waals surface area (Å²) in [6, 6.07) is 11.1. The Morgan fingerprint density at radius 2 is 2.08 bits per heavy atom. The van der Waals surface area contributed by atoms with Gasteiger partial charge in [-0.2, -0.15) is 0 Å². The highest BCUT2D eigenvalue weighted by Crippen LogP contribution is 2.35. The van der Waals surface area contributed by atoms with Crippen LogP contribution in [0.5, 0.6) is 17.2 Å². The molecule has 1 amide bonds. The van der Waals surface area contributed by atoms with Gasteiger partial charge in [-0.15, -0.1) is 0 Å². The summed E-state index contributed by atoms with van der Waals surface area (Å²) < 4.78 is 16.6. The molecule has 1 N–H and O–H groups in total. The van der Waals surface area contributed by atoms with Gasteiger partial charge in [0.05, 0.1) is 13.7 Å². The summed E-state index contributed by atoms with van der Waals surface area (Å²) in [6.07, 6.45) is 4.28. The Labute approximate surface area is 153 Å². The van der Waals surface area contributed by atoms with E-state index in [1.807, 2.05) is 26.0 Å². The van der Waals surface area contributed by atoms with Gasteiger partial charge in [0.25, 0.3) is 0 Å². The van der Waals surface area contributed by atoms with Crippen molar-refractivity contribution < 1.29 is 19.0 Å². The van der Waals surface area contributed by atoms with Crippen LogP contribution in [0.4, 0.5) is 5.69 Å². The van der Waals surface area contributed by atoms with Crippen LogP contribution in [0.2, 0.25) is 0 Å². The average molecular weight is 353 g/mol. The molecule has 0 fully saturated rings. The third-order valence-corrected chi connectivity index (χ3v) is 4.10. The molecule has 1 atom stereocenters. The minimum absolute atomic E-state index is 0.164. The molecule has 0 saturated heterocycles. The van der Waals surface area contributed by atoms with E-state index in [0.29, 0.717) is 12.3 Å². The van der Waals surface area contributed by atoms with Crippen LogP contribution in [0, 0.1) is 0 Å². The van der Waals surface area contributed by atoms with Gasteiger partial charge in [0.15, 0.2) is 0 Å². The number of hydrogen-bond acceptors (Lipinski definition) is 4. The van der Waals surface area contributed by atoms with E-state index in [4.69, 9.17) is 14.2 Å². The molecule has 0 bridgehead atoms. The highest BCUT2D eigenvalue weighted by molar-refractivity contribution is 6.02. The normalized spacial score (nSPS) is 15.4. The van der Waals surface area contributed by atoms with Crippen LogP contribution >= 0.6 is 0 Å². The second kappa shape index (κ2) is 7.95. The molecular formula is C21H23NO4. The molecule has 0 saturated carbocycles. The second-order valence-corrected chi connectivity index (χ2v) is 6.11. The van der Waals surface area contributed by atoms with Crippen molar-refractivity contribution in [1.29, 1.82) is 0 Å². The van der Waals surface area contributed by atoms with E-state index < -0.39 is 0 Å². The van der Waals surface area contributed by atoms with E-state index in [-0.39, 0.29) is 12.0 Å². The number of benzene rings is 2. The maximum absolute atomic E-state index is 12.2. The molecule has 1 aliphatic rings. The Morgan fingerprint density at radius 3 is 2.77 bits per heavy atom. The number of hydrogen-bond donors (Lipinski definition) is 1. The number of fused-ring (bicyclic) bond motifs is 1. The highest BCUT2D eigenvalue weighted by atomic mass is 16.5. The minimum Gasteiger partial charge on any atom is -0.497 e. The van der Waals surface area contributed by atoms with Crippen LogP contribution in [0.1, 0.15) is 25.0 Å². The van der Waals surface area contributed by atoms with Gasteiger partial charge in [0.2, 0.25) is 5.91 Å². The maximum Gasteiger partial charge on any atom is 0.248 e. The summed E-state index contributed by atoms with van der Waals surface area (Å²) >= 11 is 0. The van der Waals surface area contributed by atoms with Gasteiger partial charge >= 0.3 is 0 Å². The van der Waals surface area contributed by atoms with Crippen molar-refractivity contribution in [1.82, 2.24) is 0 Å². The van der Waals surface area contributed by atoms with Gasteiger partial charge in [0, 0.05) is 29.3 Å². The van der Waals surface area contributed by atoms with Gasteiger partial charge in [-0.1, -0.05) is 0 Å². The summed E-state index contributed by atoms with van der Waals surface area (Å²) in [4.78, 5) is 12.2. The van der Waals surface area contributed by atoms with E-state index in [9.17, 15) is 4.79 Å². The molecule has 1 heterocycles. The number of anilines is 1. The SMILES string of the molecule is CCOc1cc2c(cc1/C=C/C(=O)Nc1ccc(OC)cc1)OC(C)C2. The molecule has 2 aromatic carbocycles. The summed E-state index contributed by atoms with van der Waals surface area (Å²) in [6.45, 7) is 4.54. The van der Waals surface area contributed by atoms with Crippen molar-refractivity contribution in [2.45, 2.75) is 26.4 Å². The standard InChI is InChI=1S/C21H23NO4/c1-4-25-19-13-16-11-14(2)26-20(16)12-15(19)5-10-21(23)22-17-6-8-18(24-3)9-7-17/h5-10,12-14H,4,11H2,1-3H3,(H,22,23)/b10-5+. The Bertz CT molecular complexity index is 812. The van der Waals surface area contributed by atoms with Crippen LogP contribution < -0.4 is 19.5 Å². The fourth-order valence-electron chi connectivity index (χ4n) is 2.89. The summed E-state index contributed by atoms with van der Waals surface area (Å²) in [5.41, 5.74) is 2.67. The van der Waals surface area contributed by atoms with Crippen molar-refractivity contribution in [3.05, 3.63) is 53.6 Å². The molecule has 5 heteroatoms. The zero-order valence-electron chi connectivity index (χ0n) is 15.2. The monoisotopic (exact) mass is 353 g/mol. The van der Waals surface area contributed by atoms with E-state index in [2.05, 4.69) is 5.32 Å². The molecule has 1 aliphatic heterocycles. The Hall–Kier alpha value is -2.95. The molecule has 3 rings (SSSR count). The first-order chi connectivity index (χ1) is 12.6.